The van der Waals surface area contributed by atoms with Crippen LogP contribution in [-0.2, 0) is 0 Å². The average Bonchev–Trinajstić information content (AvgIpc) is 3.66. The van der Waals surface area contributed by atoms with E-state index in [-0.39, 0.29) is 5.82 Å². The van der Waals surface area contributed by atoms with Crippen LogP contribution in [0.1, 0.15) is 26.2 Å². The van der Waals surface area contributed by atoms with E-state index in [1.165, 1.54) is 6.42 Å². The Morgan fingerprint density at radius 3 is 2.89 bits per heavy atom. The molecule has 6 rings (SSSR count). The summed E-state index contributed by atoms with van der Waals surface area (Å²) in [5.74, 6) is 0.0985. The molecular weight excluding hydrogens is 473 g/mol. The lowest BCUT2D eigenvalue weighted by molar-refractivity contribution is 0.643. The lowest BCUT2D eigenvalue weighted by Gasteiger charge is -2.09. The van der Waals surface area contributed by atoms with Gasteiger partial charge in [-0.15, -0.1) is 11.3 Å². The van der Waals surface area contributed by atoms with Gasteiger partial charge in [0.1, 0.15) is 17.0 Å². The number of benzene rings is 1. The number of imidazole rings is 1. The van der Waals surface area contributed by atoms with Gasteiger partial charge in [-0.1, -0.05) is 25.8 Å². The topological polar surface area (TPSA) is 95.2 Å². The number of fused-ring (bicyclic) bond motifs is 2. The Bertz CT molecular complexity index is 1650. The Labute approximate surface area is 210 Å². The van der Waals surface area contributed by atoms with Crippen molar-refractivity contribution in [3.05, 3.63) is 66.2 Å². The molecule has 0 bridgehead atoms. The highest BCUT2D eigenvalue weighted by Crippen LogP contribution is 2.36. The highest BCUT2D eigenvalue weighted by molar-refractivity contribution is 7.13. The molecule has 7 nitrogen and oxygen atoms in total. The first-order chi connectivity index (χ1) is 17.7. The van der Waals surface area contributed by atoms with Gasteiger partial charge in [0.2, 0.25) is 0 Å². The second-order valence-electron chi connectivity index (χ2n) is 8.64. The van der Waals surface area contributed by atoms with Crippen molar-refractivity contribution in [2.45, 2.75) is 26.2 Å². The maximum atomic E-state index is 16.0. The normalized spacial score (nSPS) is 11.5. The average molecular weight is 498 g/mol. The maximum Gasteiger partial charge on any atom is 0.161 e. The Kier molecular flexibility index (Phi) is 5.90. The van der Waals surface area contributed by atoms with E-state index < -0.39 is 0 Å². The summed E-state index contributed by atoms with van der Waals surface area (Å²) in [6.07, 6.45) is 8.61. The molecule has 36 heavy (non-hydrogen) atoms. The SMILES string of the molecule is CCCCCNc1cncc(-c2ccc3[nH]nc(-c4nc5c(-c6cccs6)ccnc5[nH]4)c3c2F)c1. The molecule has 0 radical (unpaired) electrons. The van der Waals surface area contributed by atoms with Crippen molar-refractivity contribution in [3.63, 3.8) is 0 Å². The number of aromatic nitrogens is 6. The third-order valence-corrected chi connectivity index (χ3v) is 7.12. The minimum Gasteiger partial charge on any atom is -0.384 e. The van der Waals surface area contributed by atoms with Crippen molar-refractivity contribution < 1.29 is 4.39 Å². The van der Waals surface area contributed by atoms with Crippen molar-refractivity contribution in [1.29, 1.82) is 0 Å². The van der Waals surface area contributed by atoms with E-state index in [1.807, 2.05) is 35.7 Å². The summed E-state index contributed by atoms with van der Waals surface area (Å²) in [5, 5.41) is 13.2. The van der Waals surface area contributed by atoms with Gasteiger partial charge in [0, 0.05) is 46.7 Å². The Balaban J connectivity index is 1.41. The molecular formula is C27H24FN7S. The van der Waals surface area contributed by atoms with Gasteiger partial charge in [0.05, 0.1) is 16.6 Å². The third-order valence-electron chi connectivity index (χ3n) is 6.22. The van der Waals surface area contributed by atoms with E-state index >= 15 is 4.39 Å². The first kappa shape index (κ1) is 22.4. The number of H-pyrrole nitrogens is 2. The highest BCUT2D eigenvalue weighted by atomic mass is 32.1. The van der Waals surface area contributed by atoms with Gasteiger partial charge >= 0.3 is 0 Å². The minimum atomic E-state index is -0.368. The fourth-order valence-electron chi connectivity index (χ4n) is 4.41. The quantitative estimate of drug-likeness (QED) is 0.196. The van der Waals surface area contributed by atoms with Gasteiger partial charge < -0.3 is 10.3 Å². The van der Waals surface area contributed by atoms with E-state index in [2.05, 4.69) is 37.4 Å². The number of rotatable bonds is 8. The number of aromatic amines is 2. The number of thiophene rings is 1. The number of anilines is 1. The van der Waals surface area contributed by atoms with Crippen LogP contribution < -0.4 is 5.32 Å². The van der Waals surface area contributed by atoms with Gasteiger partial charge in [-0.05, 0) is 42.1 Å². The van der Waals surface area contributed by atoms with Crippen molar-refractivity contribution in [2.75, 3.05) is 11.9 Å². The smallest absolute Gasteiger partial charge is 0.161 e. The molecule has 180 valence electrons. The Morgan fingerprint density at radius 1 is 1.08 bits per heavy atom. The summed E-state index contributed by atoms with van der Waals surface area (Å²) in [5.41, 5.74) is 5.40. The van der Waals surface area contributed by atoms with Gasteiger partial charge in [-0.2, -0.15) is 5.10 Å². The monoisotopic (exact) mass is 497 g/mol. The van der Waals surface area contributed by atoms with Crippen LogP contribution in [0.3, 0.4) is 0 Å². The molecule has 0 fully saturated rings. The van der Waals surface area contributed by atoms with Crippen LogP contribution in [0, 0.1) is 5.82 Å². The molecule has 1 aromatic carbocycles. The fourth-order valence-corrected chi connectivity index (χ4v) is 5.16. The van der Waals surface area contributed by atoms with Crippen LogP contribution >= 0.6 is 11.3 Å². The zero-order valence-corrected chi connectivity index (χ0v) is 20.5. The van der Waals surface area contributed by atoms with Crippen LogP contribution in [0.25, 0.3) is 55.2 Å². The zero-order chi connectivity index (χ0) is 24.5. The van der Waals surface area contributed by atoms with Gasteiger partial charge in [-0.3, -0.25) is 10.1 Å². The lowest BCUT2D eigenvalue weighted by Crippen LogP contribution is -2.01. The lowest BCUT2D eigenvalue weighted by atomic mass is 10.0. The fraction of sp³-hybridized carbons (Fsp3) is 0.185. The number of hydrogen-bond donors (Lipinski definition) is 3. The molecule has 0 saturated carbocycles. The summed E-state index contributed by atoms with van der Waals surface area (Å²) in [6, 6.07) is 11.5. The Hall–Kier alpha value is -4.11. The summed E-state index contributed by atoms with van der Waals surface area (Å²) in [4.78, 5) is 17.9. The number of nitrogens with one attached hydrogen (secondary N) is 3. The van der Waals surface area contributed by atoms with Crippen LogP contribution in [-0.4, -0.2) is 36.7 Å². The van der Waals surface area contributed by atoms with E-state index in [9.17, 15) is 0 Å². The number of unbranched alkanes of at least 4 members (excludes halogenated alkanes) is 2. The van der Waals surface area contributed by atoms with Crippen LogP contribution in [0.4, 0.5) is 10.1 Å². The molecule has 9 heteroatoms. The molecule has 0 spiro atoms. The van der Waals surface area contributed by atoms with E-state index in [1.54, 1.807) is 36.0 Å². The van der Waals surface area contributed by atoms with Crippen molar-refractivity contribution in [2.24, 2.45) is 0 Å². The standard InChI is InChI=1S/C27H24FN7S/c1-2-3-4-10-30-17-13-16(14-29-15-17)18-7-8-20-22(23(18)28)25(35-34-20)27-32-24-19(21-6-5-12-36-21)9-11-31-26(24)33-27/h5-9,11-15,30H,2-4,10H2,1H3,(H,34,35)(H,31,32,33). The first-order valence-corrected chi connectivity index (χ1v) is 12.9. The number of pyridine rings is 2. The molecule has 0 saturated heterocycles. The maximum absolute atomic E-state index is 16.0. The van der Waals surface area contributed by atoms with Gasteiger partial charge in [0.15, 0.2) is 11.5 Å². The van der Waals surface area contributed by atoms with Crippen LogP contribution in [0.5, 0.6) is 0 Å². The molecule has 0 aliphatic heterocycles. The largest absolute Gasteiger partial charge is 0.384 e. The summed E-state index contributed by atoms with van der Waals surface area (Å²) in [7, 11) is 0. The second-order valence-corrected chi connectivity index (χ2v) is 9.58. The van der Waals surface area contributed by atoms with Crippen molar-refractivity contribution >= 4 is 39.1 Å². The third kappa shape index (κ3) is 4.01. The zero-order valence-electron chi connectivity index (χ0n) is 19.7. The molecule has 3 N–H and O–H groups in total. The first-order valence-electron chi connectivity index (χ1n) is 12.0. The number of hydrogen-bond acceptors (Lipinski definition) is 6. The predicted molar refractivity (Wildman–Crippen MR) is 143 cm³/mol. The molecule has 5 aromatic heterocycles. The number of halogens is 1. The minimum absolute atomic E-state index is 0.368. The molecule has 5 heterocycles. The Morgan fingerprint density at radius 2 is 2.03 bits per heavy atom. The van der Waals surface area contributed by atoms with E-state index in [0.717, 1.165) is 41.0 Å². The molecule has 0 atom stereocenters. The second kappa shape index (κ2) is 9.50. The van der Waals surface area contributed by atoms with Crippen LogP contribution in [0.2, 0.25) is 0 Å². The van der Waals surface area contributed by atoms with E-state index in [0.29, 0.717) is 39.2 Å². The molecule has 0 aliphatic rings. The number of nitrogens with zero attached hydrogens (tertiary/aromatic N) is 4. The van der Waals surface area contributed by atoms with Gasteiger partial charge in [-0.25, -0.2) is 14.4 Å². The van der Waals surface area contributed by atoms with E-state index in [4.69, 9.17) is 4.98 Å². The van der Waals surface area contributed by atoms with Crippen molar-refractivity contribution in [1.82, 2.24) is 30.1 Å². The van der Waals surface area contributed by atoms with Crippen molar-refractivity contribution in [3.8, 4) is 33.1 Å². The summed E-state index contributed by atoms with van der Waals surface area (Å²) in [6.45, 7) is 3.04. The highest BCUT2D eigenvalue weighted by Gasteiger charge is 2.21. The molecule has 0 unspecified atom stereocenters. The summed E-state index contributed by atoms with van der Waals surface area (Å²) >= 11 is 1.64. The molecule has 0 amide bonds. The van der Waals surface area contributed by atoms with Crippen LogP contribution in [0.15, 0.2) is 60.4 Å². The van der Waals surface area contributed by atoms with Gasteiger partial charge in [0.25, 0.3) is 0 Å². The molecule has 0 aliphatic carbocycles. The summed E-state index contributed by atoms with van der Waals surface area (Å²) < 4.78 is 16.0. The molecule has 6 aromatic rings. The predicted octanol–water partition coefficient (Wildman–Crippen LogP) is 7.03.